The summed E-state index contributed by atoms with van der Waals surface area (Å²) in [6.07, 6.45) is 5.10. The summed E-state index contributed by atoms with van der Waals surface area (Å²) in [5, 5.41) is 3.12. The van der Waals surface area contributed by atoms with E-state index in [-0.39, 0.29) is 22.4 Å². The number of thiophene rings is 1. The van der Waals surface area contributed by atoms with Crippen molar-refractivity contribution in [2.45, 2.75) is 23.5 Å². The molecule has 0 N–H and O–H groups in total. The summed E-state index contributed by atoms with van der Waals surface area (Å²) >= 11 is 1.24. The summed E-state index contributed by atoms with van der Waals surface area (Å²) in [6, 6.07) is 7.20. The molecule has 5 rings (SSSR count). The molecule has 33 heavy (non-hydrogen) atoms. The van der Waals surface area contributed by atoms with Crippen molar-refractivity contribution in [3.63, 3.8) is 0 Å². The lowest BCUT2D eigenvalue weighted by molar-refractivity contribution is 0.550. The van der Waals surface area contributed by atoms with Gasteiger partial charge in [-0.2, -0.15) is 11.3 Å². The van der Waals surface area contributed by atoms with E-state index in [0.717, 1.165) is 11.8 Å². The molecule has 166 valence electrons. The number of nitrogens with zero attached hydrogens (tertiary/aromatic N) is 4. The average molecular weight is 483 g/mol. The molecule has 1 aromatic carbocycles. The van der Waals surface area contributed by atoms with Crippen LogP contribution >= 0.6 is 11.3 Å². The minimum absolute atomic E-state index is 0.0948. The van der Waals surface area contributed by atoms with Crippen LogP contribution in [0.3, 0.4) is 0 Å². The van der Waals surface area contributed by atoms with Crippen molar-refractivity contribution in [3.8, 4) is 11.3 Å². The molecule has 0 bridgehead atoms. The largest absolute Gasteiger partial charge is 0.260 e. The Kier molecular flexibility index (Phi) is 5.55. The van der Waals surface area contributed by atoms with Crippen LogP contribution in [0.2, 0.25) is 0 Å². The molecular weight excluding hydrogens is 466 g/mol. The van der Waals surface area contributed by atoms with Gasteiger partial charge in [0.15, 0.2) is 9.84 Å². The first-order chi connectivity index (χ1) is 15.9. The number of halogens is 2. The zero-order valence-corrected chi connectivity index (χ0v) is 18.7. The average Bonchev–Trinajstić information content (AvgIpc) is 3.51. The summed E-state index contributed by atoms with van der Waals surface area (Å²) in [5.41, 5.74) is 2.57. The van der Waals surface area contributed by atoms with Gasteiger partial charge in [-0.1, -0.05) is 6.07 Å². The Hall–Kier alpha value is -3.37. The van der Waals surface area contributed by atoms with Crippen LogP contribution in [0.5, 0.6) is 0 Å². The van der Waals surface area contributed by atoms with Gasteiger partial charge in [-0.3, -0.25) is 9.98 Å². The van der Waals surface area contributed by atoms with Gasteiger partial charge in [-0.25, -0.2) is 27.2 Å². The van der Waals surface area contributed by atoms with Crippen molar-refractivity contribution < 1.29 is 17.2 Å². The van der Waals surface area contributed by atoms with Crippen molar-refractivity contribution in [2.75, 3.05) is 0 Å². The molecule has 0 atom stereocenters. The first-order valence-corrected chi connectivity index (χ1v) is 12.5. The molecule has 0 saturated carbocycles. The fraction of sp³-hybridized carbons (Fsp3) is 0.130. The lowest BCUT2D eigenvalue weighted by Gasteiger charge is -2.13. The van der Waals surface area contributed by atoms with Gasteiger partial charge in [-0.05, 0) is 29.6 Å². The minimum Gasteiger partial charge on any atom is -0.260 e. The Morgan fingerprint density at radius 3 is 2.76 bits per heavy atom. The highest BCUT2D eigenvalue weighted by molar-refractivity contribution is 7.90. The van der Waals surface area contributed by atoms with Gasteiger partial charge in [0, 0.05) is 47.3 Å². The maximum Gasteiger partial charge on any atom is 0.183 e. The highest BCUT2D eigenvalue weighted by Crippen LogP contribution is 2.35. The van der Waals surface area contributed by atoms with Crippen LogP contribution in [0.15, 0.2) is 63.5 Å². The van der Waals surface area contributed by atoms with Crippen LogP contribution in [0.25, 0.3) is 11.3 Å². The Morgan fingerprint density at radius 1 is 1.06 bits per heavy atom. The van der Waals surface area contributed by atoms with Crippen LogP contribution in [0, 0.1) is 11.6 Å². The number of pyridine rings is 1. The summed E-state index contributed by atoms with van der Waals surface area (Å²) < 4.78 is 55.3. The molecule has 4 heterocycles. The van der Waals surface area contributed by atoms with E-state index < -0.39 is 27.2 Å². The highest BCUT2D eigenvalue weighted by atomic mass is 32.2. The summed E-state index contributed by atoms with van der Waals surface area (Å²) in [7, 11) is -3.75. The number of hydrogen-bond acceptors (Lipinski definition) is 7. The van der Waals surface area contributed by atoms with Crippen molar-refractivity contribution in [1.82, 2.24) is 15.0 Å². The van der Waals surface area contributed by atoms with E-state index in [2.05, 4.69) is 19.9 Å². The summed E-state index contributed by atoms with van der Waals surface area (Å²) in [4.78, 5) is 17.4. The van der Waals surface area contributed by atoms with Crippen LogP contribution < -0.4 is 0 Å². The second kappa shape index (κ2) is 8.53. The number of benzene rings is 1. The molecule has 1 aliphatic heterocycles. The smallest absolute Gasteiger partial charge is 0.183 e. The molecule has 6 nitrogen and oxygen atoms in total. The minimum atomic E-state index is -3.75. The van der Waals surface area contributed by atoms with Crippen LogP contribution in [-0.2, 0) is 28.4 Å². The van der Waals surface area contributed by atoms with Crippen molar-refractivity contribution in [1.29, 1.82) is 0 Å². The predicted octanol–water partition coefficient (Wildman–Crippen LogP) is 4.70. The van der Waals surface area contributed by atoms with E-state index in [1.165, 1.54) is 41.4 Å². The number of fused-ring (bicyclic) bond motifs is 1. The first kappa shape index (κ1) is 21.5. The van der Waals surface area contributed by atoms with Gasteiger partial charge in [0.25, 0.3) is 0 Å². The molecule has 1 aliphatic rings. The zero-order chi connectivity index (χ0) is 23.0. The Bertz CT molecular complexity index is 1490. The topological polar surface area (TPSA) is 85.2 Å². The molecule has 0 unspecified atom stereocenters. The van der Waals surface area contributed by atoms with Gasteiger partial charge in [0.1, 0.15) is 29.3 Å². The monoisotopic (exact) mass is 482 g/mol. The fourth-order valence-corrected chi connectivity index (χ4v) is 6.15. The molecule has 0 radical (unpaired) electrons. The Balaban J connectivity index is 1.54. The SMILES string of the molecule is O=S(=O)(Cc1ccc(F)c(Cc2ncccc2-c2ncnc3c2N=CC3)c1F)c1ccsc1. The van der Waals surface area contributed by atoms with Crippen LogP contribution in [0.4, 0.5) is 14.5 Å². The third-order valence-electron chi connectivity index (χ3n) is 5.36. The number of sulfone groups is 1. The van der Waals surface area contributed by atoms with Gasteiger partial charge in [0.2, 0.25) is 0 Å². The summed E-state index contributed by atoms with van der Waals surface area (Å²) in [5.74, 6) is -2.23. The predicted molar refractivity (Wildman–Crippen MR) is 121 cm³/mol. The molecule has 0 saturated heterocycles. The van der Waals surface area contributed by atoms with E-state index in [4.69, 9.17) is 0 Å². The van der Waals surface area contributed by atoms with Crippen molar-refractivity contribution >= 4 is 33.1 Å². The highest BCUT2D eigenvalue weighted by Gasteiger charge is 2.24. The molecule has 0 spiro atoms. The first-order valence-electron chi connectivity index (χ1n) is 9.95. The maximum absolute atomic E-state index is 15.4. The Labute approximate surface area is 192 Å². The van der Waals surface area contributed by atoms with Crippen LogP contribution in [0.1, 0.15) is 22.5 Å². The lowest BCUT2D eigenvalue weighted by atomic mass is 9.99. The second-order valence-electron chi connectivity index (χ2n) is 7.42. The summed E-state index contributed by atoms with van der Waals surface area (Å²) in [6.45, 7) is 0. The fourth-order valence-electron chi connectivity index (χ4n) is 3.72. The normalized spacial score (nSPS) is 12.8. The molecule has 0 fully saturated rings. The second-order valence-corrected chi connectivity index (χ2v) is 10.2. The Morgan fingerprint density at radius 2 is 1.94 bits per heavy atom. The number of hydrogen-bond donors (Lipinski definition) is 0. The van der Waals surface area contributed by atoms with E-state index in [9.17, 15) is 12.8 Å². The van der Waals surface area contributed by atoms with Crippen molar-refractivity contribution in [2.24, 2.45) is 4.99 Å². The van der Waals surface area contributed by atoms with E-state index in [0.29, 0.717) is 29.1 Å². The zero-order valence-electron chi connectivity index (χ0n) is 17.1. The number of aromatic nitrogens is 3. The van der Waals surface area contributed by atoms with Gasteiger partial charge in [0.05, 0.1) is 22.0 Å². The molecule has 3 aromatic heterocycles. The molecule has 4 aromatic rings. The van der Waals surface area contributed by atoms with E-state index >= 15 is 4.39 Å². The molecular formula is C23H16F2N4O2S2. The van der Waals surface area contributed by atoms with E-state index in [1.54, 1.807) is 23.7 Å². The standard InChI is InChI=1S/C23H16F2N4O2S2/c24-18-4-3-14(12-33(30,31)15-6-9-32-11-15)21(25)17(18)10-20-16(2-1-7-26-20)22-23-19(5-8-27-23)28-13-29-22/h1-4,6-9,11,13H,5,10,12H2. The lowest BCUT2D eigenvalue weighted by Crippen LogP contribution is -2.09. The number of aliphatic imine (C=N–C) groups is 1. The maximum atomic E-state index is 15.4. The van der Waals surface area contributed by atoms with Gasteiger partial charge < -0.3 is 0 Å². The molecule has 0 aliphatic carbocycles. The van der Waals surface area contributed by atoms with Crippen molar-refractivity contribution in [3.05, 3.63) is 87.8 Å². The van der Waals surface area contributed by atoms with E-state index in [1.807, 2.05) is 0 Å². The third kappa shape index (κ3) is 4.07. The molecule has 0 amide bonds. The van der Waals surface area contributed by atoms with Crippen LogP contribution in [-0.4, -0.2) is 29.6 Å². The quantitative estimate of drug-likeness (QED) is 0.398. The third-order valence-corrected chi connectivity index (χ3v) is 7.85. The molecule has 10 heteroatoms. The number of rotatable bonds is 6. The van der Waals surface area contributed by atoms with Gasteiger partial charge in [-0.15, -0.1) is 0 Å². The van der Waals surface area contributed by atoms with Gasteiger partial charge >= 0.3 is 0 Å².